The Balaban J connectivity index is 1.85. The number of hydrogen-bond acceptors (Lipinski definition) is 4. The zero-order valence-electron chi connectivity index (χ0n) is 15.1. The van der Waals surface area contributed by atoms with Crippen LogP contribution in [-0.4, -0.2) is 44.1 Å². The highest BCUT2D eigenvalue weighted by molar-refractivity contribution is 6.31. The Bertz CT molecular complexity index is 695. The van der Waals surface area contributed by atoms with Gasteiger partial charge in [-0.25, -0.2) is 0 Å². The third-order valence-corrected chi connectivity index (χ3v) is 4.33. The second kappa shape index (κ2) is 10.8. The molecule has 0 atom stereocenters. The molecule has 5 nitrogen and oxygen atoms in total. The molecule has 0 aliphatic carbocycles. The van der Waals surface area contributed by atoms with Gasteiger partial charge in [-0.2, -0.15) is 0 Å². The Hall–Kier alpha value is -2.08. The van der Waals surface area contributed by atoms with Gasteiger partial charge in [0.1, 0.15) is 5.75 Å². The van der Waals surface area contributed by atoms with Crippen molar-refractivity contribution in [2.24, 2.45) is 5.73 Å². The summed E-state index contributed by atoms with van der Waals surface area (Å²) in [4.78, 5) is 14.5. The van der Waals surface area contributed by atoms with Gasteiger partial charge in [-0.1, -0.05) is 41.9 Å². The average molecular weight is 376 g/mol. The first kappa shape index (κ1) is 20.2. The van der Waals surface area contributed by atoms with Crippen molar-refractivity contribution in [1.82, 2.24) is 4.90 Å². The number of nitrogens with two attached hydrogens (primary N) is 1. The van der Waals surface area contributed by atoms with Crippen molar-refractivity contribution in [2.75, 3.05) is 38.6 Å². The second-order valence-electron chi connectivity index (χ2n) is 6.01. The number of nitrogens with one attached hydrogen (secondary N) is 1. The van der Waals surface area contributed by atoms with Gasteiger partial charge in [0.15, 0.2) is 0 Å². The van der Waals surface area contributed by atoms with E-state index in [4.69, 9.17) is 22.1 Å². The van der Waals surface area contributed by atoms with E-state index in [2.05, 4.69) is 22.3 Å². The minimum Gasteiger partial charge on any atom is -0.495 e. The lowest BCUT2D eigenvalue weighted by Crippen LogP contribution is -2.34. The Labute approximate surface area is 160 Å². The van der Waals surface area contributed by atoms with Gasteiger partial charge >= 0.3 is 0 Å². The molecule has 3 N–H and O–H groups in total. The first-order valence-corrected chi connectivity index (χ1v) is 9.10. The molecule has 2 aromatic rings. The van der Waals surface area contributed by atoms with E-state index >= 15 is 0 Å². The van der Waals surface area contributed by atoms with E-state index in [-0.39, 0.29) is 5.91 Å². The number of anilines is 1. The van der Waals surface area contributed by atoms with Crippen molar-refractivity contribution >= 4 is 23.2 Å². The van der Waals surface area contributed by atoms with Crippen LogP contribution in [0.25, 0.3) is 0 Å². The molecule has 1 amide bonds. The highest BCUT2D eigenvalue weighted by Crippen LogP contribution is 2.27. The first-order chi connectivity index (χ1) is 12.6. The lowest BCUT2D eigenvalue weighted by molar-refractivity contribution is -0.116. The maximum Gasteiger partial charge on any atom is 0.225 e. The predicted molar refractivity (Wildman–Crippen MR) is 107 cm³/mol. The van der Waals surface area contributed by atoms with Crippen LogP contribution in [-0.2, 0) is 11.2 Å². The smallest absolute Gasteiger partial charge is 0.225 e. The maximum atomic E-state index is 12.3. The van der Waals surface area contributed by atoms with E-state index < -0.39 is 0 Å². The summed E-state index contributed by atoms with van der Waals surface area (Å²) in [6.07, 6.45) is 1.31. The van der Waals surface area contributed by atoms with Crippen molar-refractivity contribution in [3.63, 3.8) is 0 Å². The van der Waals surface area contributed by atoms with E-state index in [0.717, 1.165) is 19.5 Å². The van der Waals surface area contributed by atoms with E-state index in [1.165, 1.54) is 5.56 Å². The highest BCUT2D eigenvalue weighted by Gasteiger charge is 2.11. The number of carbonyl (C=O) groups excluding carboxylic acids is 1. The molecule has 6 heteroatoms. The molecular formula is C20H26ClN3O2. The maximum absolute atomic E-state index is 12.3. The lowest BCUT2D eigenvalue weighted by atomic mass is 10.1. The molecule has 0 saturated heterocycles. The van der Waals surface area contributed by atoms with Crippen LogP contribution >= 0.6 is 11.6 Å². The van der Waals surface area contributed by atoms with Crippen LogP contribution in [0.2, 0.25) is 5.02 Å². The molecule has 26 heavy (non-hydrogen) atoms. The zero-order chi connectivity index (χ0) is 18.8. The minimum absolute atomic E-state index is 0.0766. The molecule has 0 fully saturated rings. The minimum atomic E-state index is -0.0766. The zero-order valence-corrected chi connectivity index (χ0v) is 15.8. The quantitative estimate of drug-likeness (QED) is 0.669. The summed E-state index contributed by atoms with van der Waals surface area (Å²) >= 11 is 6.00. The number of nitrogens with zero attached hydrogens (tertiary/aromatic N) is 1. The summed E-state index contributed by atoms with van der Waals surface area (Å²) in [5.41, 5.74) is 7.57. The number of methoxy groups -OCH3 is 1. The van der Waals surface area contributed by atoms with Gasteiger partial charge in [-0.05, 0) is 30.2 Å². The number of benzene rings is 2. The van der Waals surface area contributed by atoms with Crippen LogP contribution in [0, 0.1) is 0 Å². The van der Waals surface area contributed by atoms with E-state index in [9.17, 15) is 4.79 Å². The van der Waals surface area contributed by atoms with Crippen molar-refractivity contribution in [3.8, 4) is 5.75 Å². The normalized spacial score (nSPS) is 10.8. The molecule has 0 unspecified atom stereocenters. The topological polar surface area (TPSA) is 67.6 Å². The molecule has 2 aromatic carbocycles. The fraction of sp³-hybridized carbons (Fsp3) is 0.350. The third kappa shape index (κ3) is 6.67. The van der Waals surface area contributed by atoms with Crippen molar-refractivity contribution in [1.29, 1.82) is 0 Å². The van der Waals surface area contributed by atoms with E-state index in [1.807, 2.05) is 18.2 Å². The molecule has 0 heterocycles. The van der Waals surface area contributed by atoms with Crippen LogP contribution in [0.15, 0.2) is 48.5 Å². The van der Waals surface area contributed by atoms with Gasteiger partial charge in [0.25, 0.3) is 0 Å². The molecular weight excluding hydrogens is 350 g/mol. The number of carbonyl (C=O) groups is 1. The Morgan fingerprint density at radius 2 is 1.92 bits per heavy atom. The third-order valence-electron chi connectivity index (χ3n) is 4.10. The summed E-state index contributed by atoms with van der Waals surface area (Å²) in [5, 5.41) is 3.42. The Morgan fingerprint density at radius 1 is 1.15 bits per heavy atom. The van der Waals surface area contributed by atoms with Gasteiger partial charge < -0.3 is 20.7 Å². The summed E-state index contributed by atoms with van der Waals surface area (Å²) < 4.78 is 5.25. The summed E-state index contributed by atoms with van der Waals surface area (Å²) in [6.45, 7) is 2.85. The lowest BCUT2D eigenvalue weighted by Gasteiger charge is -2.21. The number of halogens is 1. The van der Waals surface area contributed by atoms with Crippen molar-refractivity contribution in [3.05, 3.63) is 59.1 Å². The fourth-order valence-electron chi connectivity index (χ4n) is 2.70. The number of amides is 1. The number of hydrogen-bond donors (Lipinski definition) is 2. The second-order valence-corrected chi connectivity index (χ2v) is 6.45. The molecule has 0 aliphatic rings. The van der Waals surface area contributed by atoms with Crippen LogP contribution in [0.1, 0.15) is 12.0 Å². The molecule has 0 bridgehead atoms. The number of rotatable bonds is 10. The molecule has 0 aliphatic heterocycles. The van der Waals surface area contributed by atoms with Gasteiger partial charge in [-0.3, -0.25) is 4.79 Å². The van der Waals surface area contributed by atoms with Crippen molar-refractivity contribution < 1.29 is 9.53 Å². The van der Waals surface area contributed by atoms with Crippen LogP contribution in [0.5, 0.6) is 5.75 Å². The van der Waals surface area contributed by atoms with Gasteiger partial charge in [0.05, 0.1) is 12.8 Å². The van der Waals surface area contributed by atoms with E-state index in [1.54, 1.807) is 25.3 Å². The molecule has 0 saturated carbocycles. The monoisotopic (exact) mass is 375 g/mol. The molecule has 0 radical (unpaired) electrons. The predicted octanol–water partition coefficient (Wildman–Crippen LogP) is 3.18. The van der Waals surface area contributed by atoms with Gasteiger partial charge in [0, 0.05) is 37.6 Å². The number of ether oxygens (including phenoxy) is 1. The Kier molecular flexibility index (Phi) is 8.41. The van der Waals surface area contributed by atoms with Gasteiger partial charge in [-0.15, -0.1) is 0 Å². The van der Waals surface area contributed by atoms with Crippen molar-refractivity contribution in [2.45, 2.75) is 12.8 Å². The Morgan fingerprint density at radius 3 is 2.62 bits per heavy atom. The summed E-state index contributed by atoms with van der Waals surface area (Å²) in [7, 11) is 1.56. The van der Waals surface area contributed by atoms with E-state index in [0.29, 0.717) is 36.0 Å². The van der Waals surface area contributed by atoms with Crippen LogP contribution in [0.3, 0.4) is 0 Å². The summed E-state index contributed by atoms with van der Waals surface area (Å²) in [5.74, 6) is 0.512. The first-order valence-electron chi connectivity index (χ1n) is 8.72. The summed E-state index contributed by atoms with van der Waals surface area (Å²) in [6, 6.07) is 15.4. The largest absolute Gasteiger partial charge is 0.495 e. The highest BCUT2D eigenvalue weighted by atomic mass is 35.5. The molecule has 0 aromatic heterocycles. The van der Waals surface area contributed by atoms with Crippen LogP contribution in [0.4, 0.5) is 5.69 Å². The average Bonchev–Trinajstić information content (AvgIpc) is 2.65. The van der Waals surface area contributed by atoms with Gasteiger partial charge in [0.2, 0.25) is 5.91 Å². The molecule has 140 valence electrons. The molecule has 2 rings (SSSR count). The standard InChI is InChI=1S/C20H26ClN3O2/c1-26-19-8-7-17(21)15-18(19)23-20(25)10-13-24(14-11-22)12-9-16-5-3-2-4-6-16/h2-8,15H,9-14,22H2,1H3,(H,23,25). The SMILES string of the molecule is COc1ccc(Cl)cc1NC(=O)CCN(CCN)CCc1ccccc1. The molecule has 0 spiro atoms. The van der Waals surface area contributed by atoms with Crippen LogP contribution < -0.4 is 15.8 Å². The fourth-order valence-corrected chi connectivity index (χ4v) is 2.87.